The van der Waals surface area contributed by atoms with E-state index in [-0.39, 0.29) is 6.42 Å². The van der Waals surface area contributed by atoms with E-state index in [1.165, 1.54) is 23.9 Å². The molecule has 2 heterocycles. The number of carboxylic acid groups (broad SMARTS) is 1. The van der Waals surface area contributed by atoms with Crippen molar-refractivity contribution in [2.45, 2.75) is 19.4 Å². The van der Waals surface area contributed by atoms with Crippen LogP contribution in [0.15, 0.2) is 18.7 Å². The Labute approximate surface area is 118 Å². The quantitative estimate of drug-likeness (QED) is 0.655. The van der Waals surface area contributed by atoms with Gasteiger partial charge >= 0.3 is 12.0 Å². The Morgan fingerprint density at radius 3 is 2.85 bits per heavy atom. The molecule has 0 aliphatic rings. The van der Waals surface area contributed by atoms with Gasteiger partial charge in [-0.3, -0.25) is 5.32 Å². The fourth-order valence-corrected chi connectivity index (χ4v) is 2.18. The number of imidazole rings is 1. The number of aryl methyl sites for hydroxylation is 1. The van der Waals surface area contributed by atoms with Crippen LogP contribution in [0.1, 0.15) is 10.6 Å². The fraction of sp³-hybridized carbons (Fsp3) is 0.273. The van der Waals surface area contributed by atoms with E-state index in [4.69, 9.17) is 5.11 Å². The molecule has 20 heavy (non-hydrogen) atoms. The normalized spacial score (nSPS) is 11.8. The lowest BCUT2D eigenvalue weighted by Gasteiger charge is -2.13. The van der Waals surface area contributed by atoms with E-state index in [0.29, 0.717) is 10.8 Å². The number of thiazole rings is 1. The number of hydrogen-bond acceptors (Lipinski definition) is 5. The van der Waals surface area contributed by atoms with Crippen LogP contribution in [-0.4, -0.2) is 38.1 Å². The molecule has 0 radical (unpaired) electrons. The summed E-state index contributed by atoms with van der Waals surface area (Å²) in [4.78, 5) is 34.4. The molecule has 2 amide bonds. The van der Waals surface area contributed by atoms with Crippen molar-refractivity contribution in [1.82, 2.24) is 20.3 Å². The number of nitrogens with zero attached hydrogens (tertiary/aromatic N) is 2. The molecule has 0 bridgehead atoms. The summed E-state index contributed by atoms with van der Waals surface area (Å²) in [5.74, 6) is -1.12. The number of carbonyl (C=O) groups is 2. The number of aromatic nitrogens is 3. The highest BCUT2D eigenvalue weighted by atomic mass is 32.1. The summed E-state index contributed by atoms with van der Waals surface area (Å²) in [7, 11) is 0. The Hall–Kier alpha value is -2.42. The van der Waals surface area contributed by atoms with E-state index in [9.17, 15) is 9.59 Å². The molecule has 1 atom stereocenters. The van der Waals surface area contributed by atoms with E-state index in [2.05, 4.69) is 25.6 Å². The van der Waals surface area contributed by atoms with Gasteiger partial charge in [0.1, 0.15) is 6.04 Å². The maximum absolute atomic E-state index is 11.7. The summed E-state index contributed by atoms with van der Waals surface area (Å²) in [6, 6.07) is -1.65. The van der Waals surface area contributed by atoms with Crippen LogP contribution in [0.25, 0.3) is 0 Å². The maximum Gasteiger partial charge on any atom is 0.326 e. The average molecular weight is 295 g/mol. The number of hydrogen-bond donors (Lipinski definition) is 4. The van der Waals surface area contributed by atoms with Gasteiger partial charge in [0, 0.05) is 29.4 Å². The van der Waals surface area contributed by atoms with Gasteiger partial charge in [0.25, 0.3) is 0 Å². The van der Waals surface area contributed by atoms with Crippen molar-refractivity contribution in [2.75, 3.05) is 5.32 Å². The molecule has 2 aromatic rings. The smallest absolute Gasteiger partial charge is 0.326 e. The lowest BCUT2D eigenvalue weighted by atomic mass is 10.2. The maximum atomic E-state index is 11.7. The van der Waals surface area contributed by atoms with Crippen LogP contribution < -0.4 is 10.6 Å². The molecule has 8 nitrogen and oxygen atoms in total. The van der Waals surface area contributed by atoms with Crippen molar-refractivity contribution in [3.05, 3.63) is 29.3 Å². The second-order valence-corrected chi connectivity index (χ2v) is 5.28. The Morgan fingerprint density at radius 2 is 2.30 bits per heavy atom. The van der Waals surface area contributed by atoms with Crippen LogP contribution in [0.5, 0.6) is 0 Å². The van der Waals surface area contributed by atoms with E-state index < -0.39 is 18.0 Å². The standard InChI is InChI=1S/C11H13N5O3S/c1-6-3-13-11(20-6)16-10(19)15-8(9(17)18)2-7-4-12-5-14-7/h3-5,8H,2H2,1H3,(H,12,14)(H,17,18)(H2,13,15,16,19)/t8-/m1/s1. The summed E-state index contributed by atoms with van der Waals surface area (Å²) >= 11 is 1.31. The minimum Gasteiger partial charge on any atom is -0.480 e. The van der Waals surface area contributed by atoms with Crippen LogP contribution in [0.3, 0.4) is 0 Å². The van der Waals surface area contributed by atoms with Gasteiger partial charge in [-0.25, -0.2) is 19.6 Å². The summed E-state index contributed by atoms with van der Waals surface area (Å²) in [5.41, 5.74) is 0.628. The molecule has 0 spiro atoms. The third kappa shape index (κ3) is 3.79. The fourth-order valence-electron chi connectivity index (χ4n) is 1.52. The monoisotopic (exact) mass is 295 g/mol. The molecule has 0 fully saturated rings. The predicted molar refractivity (Wildman–Crippen MR) is 72.7 cm³/mol. The van der Waals surface area contributed by atoms with Gasteiger partial charge in [-0.2, -0.15) is 0 Å². The second-order valence-electron chi connectivity index (χ2n) is 4.05. The van der Waals surface area contributed by atoms with Crippen LogP contribution >= 0.6 is 11.3 Å². The Bertz CT molecular complexity index is 595. The molecular weight excluding hydrogens is 282 g/mol. The largest absolute Gasteiger partial charge is 0.480 e. The van der Waals surface area contributed by atoms with Gasteiger partial charge in [-0.1, -0.05) is 0 Å². The molecular formula is C11H13N5O3S. The third-order valence-electron chi connectivity index (χ3n) is 2.42. The number of aromatic amines is 1. The molecule has 0 unspecified atom stereocenters. The van der Waals surface area contributed by atoms with Crippen molar-refractivity contribution in [1.29, 1.82) is 0 Å². The first kappa shape index (κ1) is 14.0. The number of carbonyl (C=O) groups excluding carboxylic acids is 1. The van der Waals surface area contributed by atoms with Gasteiger partial charge < -0.3 is 15.4 Å². The van der Waals surface area contributed by atoms with Gasteiger partial charge in [-0.15, -0.1) is 11.3 Å². The molecule has 0 aromatic carbocycles. The molecule has 106 valence electrons. The first-order valence-corrected chi connectivity index (χ1v) is 6.56. The molecule has 9 heteroatoms. The van der Waals surface area contributed by atoms with Gasteiger partial charge in [0.15, 0.2) is 5.13 Å². The van der Waals surface area contributed by atoms with Crippen molar-refractivity contribution in [3.8, 4) is 0 Å². The zero-order valence-corrected chi connectivity index (χ0v) is 11.4. The van der Waals surface area contributed by atoms with Crippen LogP contribution in [0.2, 0.25) is 0 Å². The molecule has 2 aromatic heterocycles. The minimum absolute atomic E-state index is 0.125. The number of carboxylic acids is 1. The molecule has 2 rings (SSSR count). The van der Waals surface area contributed by atoms with Crippen molar-refractivity contribution >= 4 is 28.5 Å². The highest BCUT2D eigenvalue weighted by Gasteiger charge is 2.21. The van der Waals surface area contributed by atoms with Crippen LogP contribution in [-0.2, 0) is 11.2 Å². The molecule has 4 N–H and O–H groups in total. The summed E-state index contributed by atoms with van der Waals surface area (Å²) in [6.45, 7) is 1.86. The van der Waals surface area contributed by atoms with E-state index in [1.807, 2.05) is 6.92 Å². The number of rotatable bonds is 5. The highest BCUT2D eigenvalue weighted by Crippen LogP contribution is 2.16. The van der Waals surface area contributed by atoms with E-state index in [1.54, 1.807) is 6.20 Å². The first-order chi connectivity index (χ1) is 9.54. The summed E-state index contributed by atoms with van der Waals surface area (Å²) < 4.78 is 0. The zero-order valence-electron chi connectivity index (χ0n) is 10.6. The number of amides is 2. The molecule has 0 aliphatic carbocycles. The van der Waals surface area contributed by atoms with Crippen LogP contribution in [0.4, 0.5) is 9.93 Å². The SMILES string of the molecule is Cc1cnc(NC(=O)N[C@H](Cc2cnc[nH]2)C(=O)O)s1. The van der Waals surface area contributed by atoms with Crippen LogP contribution in [0, 0.1) is 6.92 Å². The third-order valence-corrected chi connectivity index (χ3v) is 3.25. The van der Waals surface area contributed by atoms with E-state index in [0.717, 1.165) is 4.88 Å². The molecule has 0 saturated carbocycles. The van der Waals surface area contributed by atoms with Gasteiger partial charge in [0.05, 0.1) is 6.33 Å². The van der Waals surface area contributed by atoms with Gasteiger partial charge in [0.2, 0.25) is 0 Å². The Kier molecular flexibility index (Phi) is 4.31. The van der Waals surface area contributed by atoms with Crippen molar-refractivity contribution in [3.63, 3.8) is 0 Å². The minimum atomic E-state index is -1.12. The number of anilines is 1. The number of nitrogens with one attached hydrogen (secondary N) is 3. The van der Waals surface area contributed by atoms with Gasteiger partial charge in [-0.05, 0) is 6.92 Å². The topological polar surface area (TPSA) is 120 Å². The average Bonchev–Trinajstić information content (AvgIpc) is 3.00. The number of H-pyrrole nitrogens is 1. The number of aliphatic carboxylic acids is 1. The highest BCUT2D eigenvalue weighted by molar-refractivity contribution is 7.15. The molecule has 0 saturated heterocycles. The zero-order chi connectivity index (χ0) is 14.5. The first-order valence-electron chi connectivity index (χ1n) is 5.74. The lowest BCUT2D eigenvalue weighted by molar-refractivity contribution is -0.139. The second kappa shape index (κ2) is 6.15. The number of urea groups is 1. The van der Waals surface area contributed by atoms with Crippen molar-refractivity contribution < 1.29 is 14.7 Å². The predicted octanol–water partition coefficient (Wildman–Crippen LogP) is 0.992. The summed E-state index contributed by atoms with van der Waals surface area (Å²) in [6.07, 6.45) is 4.71. The Balaban J connectivity index is 1.94. The lowest BCUT2D eigenvalue weighted by Crippen LogP contribution is -2.44. The van der Waals surface area contributed by atoms with E-state index >= 15 is 0 Å². The molecule has 0 aliphatic heterocycles. The Morgan fingerprint density at radius 1 is 1.50 bits per heavy atom. The van der Waals surface area contributed by atoms with Crippen molar-refractivity contribution in [2.24, 2.45) is 0 Å². The summed E-state index contributed by atoms with van der Waals surface area (Å²) in [5, 5.41) is 14.4.